The SMILES string of the molecule is C\C=C/C=C\C1=C\OCCCCCCCCCCOc2ccccc2OCCCCCCCCCCO1. The van der Waals surface area contributed by atoms with Crippen molar-refractivity contribution >= 4 is 0 Å². The van der Waals surface area contributed by atoms with E-state index in [1.807, 2.05) is 55.5 Å². The van der Waals surface area contributed by atoms with Crippen LogP contribution in [0.25, 0.3) is 0 Å². The molecule has 2 rings (SSSR count). The van der Waals surface area contributed by atoms with Crippen LogP contribution < -0.4 is 9.47 Å². The molecule has 0 fully saturated rings. The molecule has 0 saturated carbocycles. The molecular formula is C33H52O4. The number of hydrogen-bond donors (Lipinski definition) is 0. The van der Waals surface area contributed by atoms with Crippen LogP contribution in [-0.2, 0) is 9.47 Å². The van der Waals surface area contributed by atoms with E-state index in [4.69, 9.17) is 18.9 Å². The van der Waals surface area contributed by atoms with E-state index < -0.39 is 0 Å². The van der Waals surface area contributed by atoms with Crippen LogP contribution in [0.5, 0.6) is 11.5 Å². The summed E-state index contributed by atoms with van der Waals surface area (Å²) in [6.45, 7) is 5.05. The molecule has 1 heterocycles. The zero-order chi connectivity index (χ0) is 26.1. The van der Waals surface area contributed by atoms with Crippen molar-refractivity contribution in [2.45, 2.75) is 110 Å². The maximum Gasteiger partial charge on any atom is 0.161 e. The summed E-state index contributed by atoms with van der Waals surface area (Å²) in [5.74, 6) is 2.59. The summed E-state index contributed by atoms with van der Waals surface area (Å²) < 4.78 is 23.9. The fraction of sp³-hybridized carbons (Fsp3) is 0.636. The molecule has 1 aliphatic heterocycles. The molecule has 208 valence electrons. The van der Waals surface area contributed by atoms with Crippen LogP contribution in [0.1, 0.15) is 110 Å². The number of rotatable bonds is 2. The monoisotopic (exact) mass is 512 g/mol. The molecule has 0 N–H and O–H groups in total. The van der Waals surface area contributed by atoms with Gasteiger partial charge in [0.2, 0.25) is 0 Å². The van der Waals surface area contributed by atoms with Gasteiger partial charge in [-0.3, -0.25) is 0 Å². The third-order valence-electron chi connectivity index (χ3n) is 6.59. The standard InChI is InChI=1S/C33H52O4/c1-2-3-16-23-31-30-34-26-19-12-8-4-5-10-14-21-28-36-32-24-17-18-25-33(32)37-29-22-15-11-7-6-9-13-20-27-35-31/h2-3,16-18,23-25,30H,4-15,19-22,26-29H2,1H3/b3-2-,23-16-,31-30-. The summed E-state index contributed by atoms with van der Waals surface area (Å²) in [7, 11) is 0. The Bertz CT molecular complexity index is 752. The predicted molar refractivity (Wildman–Crippen MR) is 155 cm³/mol. The first-order valence-electron chi connectivity index (χ1n) is 15.0. The molecule has 0 saturated heterocycles. The molecule has 0 aromatic heterocycles. The van der Waals surface area contributed by atoms with Gasteiger partial charge in [-0.05, 0) is 50.8 Å². The van der Waals surface area contributed by atoms with E-state index in [1.54, 1.807) is 6.26 Å². The molecule has 37 heavy (non-hydrogen) atoms. The molecule has 1 aromatic rings. The highest BCUT2D eigenvalue weighted by molar-refractivity contribution is 5.39. The molecule has 4 heteroatoms. The smallest absolute Gasteiger partial charge is 0.161 e. The Morgan fingerprint density at radius 3 is 1.43 bits per heavy atom. The van der Waals surface area contributed by atoms with E-state index in [0.717, 1.165) is 69.4 Å². The minimum Gasteiger partial charge on any atom is -0.497 e. The van der Waals surface area contributed by atoms with E-state index in [-0.39, 0.29) is 0 Å². The highest BCUT2D eigenvalue weighted by Gasteiger charge is 2.04. The van der Waals surface area contributed by atoms with E-state index >= 15 is 0 Å². The normalized spacial score (nSPS) is 21.2. The molecule has 0 atom stereocenters. The molecule has 0 bridgehead atoms. The summed E-state index contributed by atoms with van der Waals surface area (Å²) in [5, 5.41) is 0. The number of fused-ring (bicyclic) bond motifs is 1. The Morgan fingerprint density at radius 1 is 0.514 bits per heavy atom. The van der Waals surface area contributed by atoms with Crippen molar-refractivity contribution in [3.63, 3.8) is 0 Å². The number of allylic oxidation sites excluding steroid dienone is 4. The second-order valence-corrected chi connectivity index (χ2v) is 9.92. The Hall–Kier alpha value is -2.36. The maximum atomic E-state index is 6.05. The van der Waals surface area contributed by atoms with Crippen molar-refractivity contribution in [1.82, 2.24) is 0 Å². The molecule has 0 spiro atoms. The average Bonchev–Trinajstić information content (AvgIpc) is 2.91. The van der Waals surface area contributed by atoms with Gasteiger partial charge in [-0.2, -0.15) is 0 Å². The van der Waals surface area contributed by atoms with Gasteiger partial charge in [-0.1, -0.05) is 107 Å². The first-order valence-corrected chi connectivity index (χ1v) is 15.0. The quantitative estimate of drug-likeness (QED) is 0.370. The zero-order valence-corrected chi connectivity index (χ0v) is 23.5. The number of hydrogen-bond acceptors (Lipinski definition) is 4. The summed E-state index contributed by atoms with van der Waals surface area (Å²) in [6.07, 6.45) is 29.4. The van der Waals surface area contributed by atoms with Gasteiger partial charge in [0, 0.05) is 0 Å². The third kappa shape index (κ3) is 16.9. The molecular weight excluding hydrogens is 460 g/mol. The summed E-state index contributed by atoms with van der Waals surface area (Å²) >= 11 is 0. The van der Waals surface area contributed by atoms with Crippen molar-refractivity contribution in [2.24, 2.45) is 0 Å². The fourth-order valence-corrected chi connectivity index (χ4v) is 4.38. The van der Waals surface area contributed by atoms with Crippen LogP contribution in [0.2, 0.25) is 0 Å². The minimum absolute atomic E-state index is 0.748. The zero-order valence-electron chi connectivity index (χ0n) is 23.5. The Morgan fingerprint density at radius 2 is 0.946 bits per heavy atom. The van der Waals surface area contributed by atoms with Crippen molar-refractivity contribution in [3.05, 3.63) is 60.6 Å². The Balaban J connectivity index is 1.74. The lowest BCUT2D eigenvalue weighted by molar-refractivity contribution is 0.179. The summed E-state index contributed by atoms with van der Waals surface area (Å²) in [6, 6.07) is 8.11. The topological polar surface area (TPSA) is 36.9 Å². The number of para-hydroxylation sites is 2. The van der Waals surface area contributed by atoms with Gasteiger partial charge in [0.15, 0.2) is 17.3 Å². The van der Waals surface area contributed by atoms with Gasteiger partial charge in [-0.15, -0.1) is 0 Å². The van der Waals surface area contributed by atoms with Gasteiger partial charge in [0.05, 0.1) is 26.4 Å². The van der Waals surface area contributed by atoms with E-state index in [9.17, 15) is 0 Å². The van der Waals surface area contributed by atoms with Crippen LogP contribution in [0.4, 0.5) is 0 Å². The van der Waals surface area contributed by atoms with Crippen LogP contribution in [0, 0.1) is 0 Å². The molecule has 1 aliphatic rings. The second-order valence-electron chi connectivity index (χ2n) is 9.92. The molecule has 0 aliphatic carbocycles. The van der Waals surface area contributed by atoms with Gasteiger partial charge in [0.1, 0.15) is 6.26 Å². The van der Waals surface area contributed by atoms with Crippen molar-refractivity contribution in [1.29, 1.82) is 0 Å². The molecule has 1 aromatic carbocycles. The average molecular weight is 513 g/mol. The predicted octanol–water partition coefficient (Wildman–Crippen LogP) is 9.71. The first-order chi connectivity index (χ1) is 18.4. The molecule has 0 radical (unpaired) electrons. The number of benzene rings is 1. The van der Waals surface area contributed by atoms with Crippen molar-refractivity contribution < 1.29 is 18.9 Å². The van der Waals surface area contributed by atoms with Gasteiger partial charge >= 0.3 is 0 Å². The largest absolute Gasteiger partial charge is 0.497 e. The van der Waals surface area contributed by atoms with E-state index in [0.29, 0.717) is 0 Å². The van der Waals surface area contributed by atoms with Crippen LogP contribution in [0.15, 0.2) is 60.6 Å². The lowest BCUT2D eigenvalue weighted by Crippen LogP contribution is -2.02. The van der Waals surface area contributed by atoms with Crippen LogP contribution in [0.3, 0.4) is 0 Å². The lowest BCUT2D eigenvalue weighted by Gasteiger charge is -2.12. The van der Waals surface area contributed by atoms with Crippen LogP contribution >= 0.6 is 0 Å². The van der Waals surface area contributed by atoms with Crippen LogP contribution in [-0.4, -0.2) is 26.4 Å². The Labute approximate surface area is 227 Å². The Kier molecular flexibility index (Phi) is 19.0. The molecule has 0 unspecified atom stereocenters. The molecule has 0 amide bonds. The van der Waals surface area contributed by atoms with Crippen molar-refractivity contribution in [3.8, 4) is 11.5 Å². The second kappa shape index (κ2) is 22.8. The van der Waals surface area contributed by atoms with Gasteiger partial charge < -0.3 is 18.9 Å². The van der Waals surface area contributed by atoms with Crippen molar-refractivity contribution in [2.75, 3.05) is 26.4 Å². The highest BCUT2D eigenvalue weighted by Crippen LogP contribution is 2.27. The van der Waals surface area contributed by atoms with E-state index in [2.05, 4.69) is 0 Å². The number of ether oxygens (including phenoxy) is 4. The lowest BCUT2D eigenvalue weighted by atomic mass is 10.1. The fourth-order valence-electron chi connectivity index (χ4n) is 4.38. The first kappa shape index (κ1) is 30.9. The summed E-state index contributed by atoms with van der Waals surface area (Å²) in [5.41, 5.74) is 0. The minimum atomic E-state index is 0.748. The summed E-state index contributed by atoms with van der Waals surface area (Å²) in [4.78, 5) is 0. The van der Waals surface area contributed by atoms with Gasteiger partial charge in [-0.25, -0.2) is 0 Å². The maximum absolute atomic E-state index is 6.05. The third-order valence-corrected chi connectivity index (χ3v) is 6.59. The molecule has 4 nitrogen and oxygen atoms in total. The highest BCUT2D eigenvalue weighted by atomic mass is 16.5. The van der Waals surface area contributed by atoms with E-state index in [1.165, 1.54) is 77.0 Å². The van der Waals surface area contributed by atoms with Gasteiger partial charge in [0.25, 0.3) is 0 Å².